The van der Waals surface area contributed by atoms with Crippen LogP contribution in [0.1, 0.15) is 18.5 Å². The molecule has 0 unspecified atom stereocenters. The Morgan fingerprint density at radius 1 is 1.59 bits per heavy atom. The highest BCUT2D eigenvalue weighted by Crippen LogP contribution is 2.17. The highest BCUT2D eigenvalue weighted by Gasteiger charge is 2.19. The molecule has 4 nitrogen and oxygen atoms in total. The van der Waals surface area contributed by atoms with Crippen molar-refractivity contribution in [3.63, 3.8) is 0 Å². The van der Waals surface area contributed by atoms with Crippen LogP contribution in [0.3, 0.4) is 0 Å². The van der Waals surface area contributed by atoms with Gasteiger partial charge in [-0.3, -0.25) is 4.79 Å². The topological polar surface area (TPSA) is 62.2 Å². The minimum Gasteiger partial charge on any atom is -0.396 e. The van der Waals surface area contributed by atoms with E-state index in [0.29, 0.717) is 12.8 Å². The van der Waals surface area contributed by atoms with Crippen molar-refractivity contribution >= 4 is 17.2 Å². The van der Waals surface area contributed by atoms with Crippen molar-refractivity contribution < 1.29 is 9.90 Å². The molecule has 1 aromatic heterocycles. The molecule has 2 atom stereocenters. The number of aliphatic hydroxyl groups excluding tert-OH is 1. The zero-order valence-corrected chi connectivity index (χ0v) is 10.3. The lowest BCUT2D eigenvalue weighted by molar-refractivity contribution is -0.121. The second kappa shape index (κ2) is 5.93. The zero-order chi connectivity index (χ0) is 12.1. The van der Waals surface area contributed by atoms with Gasteiger partial charge in [0.1, 0.15) is 0 Å². The fourth-order valence-electron chi connectivity index (χ4n) is 1.90. The van der Waals surface area contributed by atoms with Gasteiger partial charge in [-0.15, -0.1) is 11.3 Å². The lowest BCUT2D eigenvalue weighted by Gasteiger charge is -2.12. The number of aliphatic hydroxyl groups is 1. The van der Waals surface area contributed by atoms with Gasteiger partial charge < -0.3 is 10.4 Å². The molecule has 0 saturated heterocycles. The fourth-order valence-corrected chi connectivity index (χ4v) is 2.49. The average Bonchev–Trinajstić information content (AvgIpc) is 2.97. The summed E-state index contributed by atoms with van der Waals surface area (Å²) < 4.78 is 0. The molecule has 2 N–H and O–H groups in total. The summed E-state index contributed by atoms with van der Waals surface area (Å²) in [7, 11) is 0. The summed E-state index contributed by atoms with van der Waals surface area (Å²) in [4.78, 5) is 15.8. The molecule has 0 aliphatic heterocycles. The number of hydrogen-bond acceptors (Lipinski definition) is 4. The second-order valence-electron chi connectivity index (χ2n) is 4.22. The monoisotopic (exact) mass is 252 g/mol. The molecule has 0 bridgehead atoms. The van der Waals surface area contributed by atoms with E-state index in [2.05, 4.69) is 10.3 Å². The van der Waals surface area contributed by atoms with Crippen molar-refractivity contribution in [2.75, 3.05) is 6.61 Å². The van der Waals surface area contributed by atoms with Gasteiger partial charge in [-0.1, -0.05) is 12.2 Å². The summed E-state index contributed by atoms with van der Waals surface area (Å²) in [5.74, 6) is 0.241. The van der Waals surface area contributed by atoms with Crippen LogP contribution in [0.2, 0.25) is 0 Å². The van der Waals surface area contributed by atoms with E-state index in [1.165, 1.54) is 0 Å². The standard InChI is InChI=1S/C12H16N2O2S/c15-6-9-1-2-10(5-9)14-12(16)4-3-11-7-17-8-13-11/h1-2,7-10,15H,3-6H2,(H,14,16)/t9-,10+/m0/s1. The van der Waals surface area contributed by atoms with E-state index in [1.54, 1.807) is 16.8 Å². The van der Waals surface area contributed by atoms with E-state index < -0.39 is 0 Å². The van der Waals surface area contributed by atoms with E-state index in [0.717, 1.165) is 12.1 Å². The SMILES string of the molecule is O=C(CCc1cscn1)N[C@@H]1C=C[C@H](CO)C1. The Morgan fingerprint density at radius 3 is 3.12 bits per heavy atom. The first-order valence-electron chi connectivity index (χ1n) is 5.73. The van der Waals surface area contributed by atoms with Crippen LogP contribution in [0.5, 0.6) is 0 Å². The number of amides is 1. The Bertz CT molecular complexity index is 389. The third kappa shape index (κ3) is 3.64. The molecular formula is C12H16N2O2S. The molecule has 0 radical (unpaired) electrons. The van der Waals surface area contributed by atoms with Gasteiger partial charge in [0, 0.05) is 30.4 Å². The Kier molecular flexibility index (Phi) is 4.28. The average molecular weight is 252 g/mol. The second-order valence-corrected chi connectivity index (χ2v) is 4.94. The molecule has 17 heavy (non-hydrogen) atoms. The minimum atomic E-state index is 0.0474. The molecule has 1 aliphatic carbocycles. The third-order valence-corrected chi connectivity index (χ3v) is 3.48. The molecule has 0 spiro atoms. The first-order chi connectivity index (χ1) is 8.28. The van der Waals surface area contributed by atoms with Crippen molar-refractivity contribution in [2.45, 2.75) is 25.3 Å². The number of nitrogens with zero attached hydrogens (tertiary/aromatic N) is 1. The van der Waals surface area contributed by atoms with Crippen LogP contribution in [0.4, 0.5) is 0 Å². The van der Waals surface area contributed by atoms with Crippen LogP contribution in [0.25, 0.3) is 0 Å². The number of nitrogens with one attached hydrogen (secondary N) is 1. The number of aryl methyl sites for hydroxylation is 1. The summed E-state index contributed by atoms with van der Waals surface area (Å²) in [5, 5.41) is 13.9. The van der Waals surface area contributed by atoms with Gasteiger partial charge in [-0.05, 0) is 12.8 Å². The number of rotatable bonds is 5. The molecular weight excluding hydrogens is 236 g/mol. The molecule has 1 aliphatic rings. The van der Waals surface area contributed by atoms with Gasteiger partial charge in [0.25, 0.3) is 0 Å². The first-order valence-corrected chi connectivity index (χ1v) is 6.68. The van der Waals surface area contributed by atoms with Crippen molar-refractivity contribution in [3.8, 4) is 0 Å². The molecule has 1 aromatic rings. The maximum atomic E-state index is 11.7. The van der Waals surface area contributed by atoms with Gasteiger partial charge in [-0.2, -0.15) is 0 Å². The number of thiazole rings is 1. The highest BCUT2D eigenvalue weighted by atomic mass is 32.1. The summed E-state index contributed by atoms with van der Waals surface area (Å²) in [6.45, 7) is 0.154. The van der Waals surface area contributed by atoms with E-state index in [9.17, 15) is 4.79 Å². The predicted octanol–water partition coefficient (Wildman–Crippen LogP) is 1.13. The van der Waals surface area contributed by atoms with Gasteiger partial charge >= 0.3 is 0 Å². The quantitative estimate of drug-likeness (QED) is 0.772. The Morgan fingerprint density at radius 2 is 2.47 bits per heavy atom. The number of carbonyl (C=O) groups excluding carboxylic acids is 1. The van der Waals surface area contributed by atoms with E-state index in [-0.39, 0.29) is 24.5 Å². The van der Waals surface area contributed by atoms with Crippen LogP contribution in [-0.4, -0.2) is 28.6 Å². The lowest BCUT2D eigenvalue weighted by Crippen LogP contribution is -2.33. The minimum absolute atomic E-state index is 0.0474. The molecule has 1 amide bonds. The summed E-state index contributed by atoms with van der Waals surface area (Å²) in [5.41, 5.74) is 2.75. The summed E-state index contributed by atoms with van der Waals surface area (Å²) >= 11 is 1.55. The van der Waals surface area contributed by atoms with Crippen LogP contribution in [0, 0.1) is 5.92 Å². The van der Waals surface area contributed by atoms with Gasteiger partial charge in [0.2, 0.25) is 5.91 Å². The third-order valence-electron chi connectivity index (χ3n) is 2.84. The number of aromatic nitrogens is 1. The predicted molar refractivity (Wildman–Crippen MR) is 66.7 cm³/mol. The number of hydrogen-bond donors (Lipinski definition) is 2. The van der Waals surface area contributed by atoms with E-state index in [1.807, 2.05) is 17.5 Å². The van der Waals surface area contributed by atoms with E-state index in [4.69, 9.17) is 5.11 Å². The smallest absolute Gasteiger partial charge is 0.220 e. The molecule has 2 rings (SSSR count). The Labute approximate surface area is 104 Å². The van der Waals surface area contributed by atoms with Gasteiger partial charge in [0.05, 0.1) is 11.2 Å². The maximum Gasteiger partial charge on any atom is 0.220 e. The lowest BCUT2D eigenvalue weighted by atomic mass is 10.1. The zero-order valence-electron chi connectivity index (χ0n) is 9.50. The van der Waals surface area contributed by atoms with Crippen molar-refractivity contribution in [3.05, 3.63) is 28.7 Å². The maximum absolute atomic E-state index is 11.7. The highest BCUT2D eigenvalue weighted by molar-refractivity contribution is 7.07. The van der Waals surface area contributed by atoms with Crippen LogP contribution in [0.15, 0.2) is 23.0 Å². The first kappa shape index (κ1) is 12.3. The van der Waals surface area contributed by atoms with Crippen molar-refractivity contribution in [1.29, 1.82) is 0 Å². The largest absolute Gasteiger partial charge is 0.396 e. The molecule has 5 heteroatoms. The van der Waals surface area contributed by atoms with Crippen LogP contribution < -0.4 is 5.32 Å². The fraction of sp³-hybridized carbons (Fsp3) is 0.500. The van der Waals surface area contributed by atoms with Crippen LogP contribution in [-0.2, 0) is 11.2 Å². The number of carbonyl (C=O) groups is 1. The van der Waals surface area contributed by atoms with Crippen molar-refractivity contribution in [2.24, 2.45) is 5.92 Å². The molecule has 1 heterocycles. The molecule has 0 fully saturated rings. The molecule has 0 aromatic carbocycles. The molecule has 92 valence electrons. The normalized spacial score (nSPS) is 22.9. The molecule has 0 saturated carbocycles. The summed E-state index contributed by atoms with van der Waals surface area (Å²) in [6.07, 6.45) is 5.89. The van der Waals surface area contributed by atoms with Crippen molar-refractivity contribution in [1.82, 2.24) is 10.3 Å². The van der Waals surface area contributed by atoms with E-state index >= 15 is 0 Å². The van der Waals surface area contributed by atoms with Crippen LogP contribution >= 0.6 is 11.3 Å². The van der Waals surface area contributed by atoms with Gasteiger partial charge in [0.15, 0.2) is 0 Å². The Hall–Kier alpha value is -1.20. The Balaban J connectivity index is 1.70. The summed E-state index contributed by atoms with van der Waals surface area (Å²) in [6, 6.07) is 0.0788. The van der Waals surface area contributed by atoms with Gasteiger partial charge in [-0.25, -0.2) is 4.98 Å².